The van der Waals surface area contributed by atoms with E-state index < -0.39 is 48.2 Å². The van der Waals surface area contributed by atoms with Crippen molar-refractivity contribution in [2.45, 2.75) is 140 Å². The van der Waals surface area contributed by atoms with Gasteiger partial charge in [-0.2, -0.15) is 19.2 Å². The van der Waals surface area contributed by atoms with Gasteiger partial charge in [-0.1, -0.05) is 25.7 Å². The van der Waals surface area contributed by atoms with Crippen molar-refractivity contribution in [2.75, 3.05) is 34.9 Å². The van der Waals surface area contributed by atoms with Gasteiger partial charge in [0.1, 0.15) is 58.2 Å². The van der Waals surface area contributed by atoms with Crippen LogP contribution in [-0.2, 0) is 4.74 Å². The van der Waals surface area contributed by atoms with Crippen molar-refractivity contribution in [2.24, 2.45) is 5.92 Å². The third kappa shape index (κ3) is 11.1. The van der Waals surface area contributed by atoms with Crippen molar-refractivity contribution in [3.63, 3.8) is 0 Å². The third-order valence-electron chi connectivity index (χ3n) is 13.6. The number of hydrogen-bond acceptors (Lipinski definition) is 15. The van der Waals surface area contributed by atoms with Gasteiger partial charge in [0.05, 0.1) is 48.3 Å². The van der Waals surface area contributed by atoms with Crippen molar-refractivity contribution in [1.29, 1.82) is 0 Å². The number of carbonyl (C=O) groups is 3. The second kappa shape index (κ2) is 20.7. The van der Waals surface area contributed by atoms with Gasteiger partial charge in [0.2, 0.25) is 0 Å². The summed E-state index contributed by atoms with van der Waals surface area (Å²) in [5.41, 5.74) is 0.0102. The zero-order valence-electron chi connectivity index (χ0n) is 41.3. The van der Waals surface area contributed by atoms with E-state index in [1.807, 2.05) is 0 Å². The standard InChI is InChI=1S/C27H34FN7O5.C23H27FN6O3/c1-27(2,3)40-26(39)33(4)22-13-21(32-23-15(14-29-35(22)23)24(37)31-18-12-16(18)28)30-17-8-7-11-34(25(17)38)19-9-5-6-10-20(19)36;1-25-21-11-20(28-22-14(12-26-30(21)22)19(32)10-13-9-15(13)24)27-16-5-4-8-29(23(16)33)17-6-2-3-7-18(17)31/h7-8,11,13-14,16,18-20,36H,5-6,9-10,12H2,1-4H3,(H,30,32)(H,31,37);4-5,8,11-13,15,17-18,25,31H,2-3,6-7,9-10H2,1H3,(H,27,28)/t16-,18+,19-,20+;13-,15-,17-,18+/m00/s1. The lowest BCUT2D eigenvalue weighted by Gasteiger charge is -2.29. The summed E-state index contributed by atoms with van der Waals surface area (Å²) in [6.45, 7) is 5.22. The van der Waals surface area contributed by atoms with Crippen LogP contribution in [0.25, 0.3) is 11.3 Å². The molecule has 4 fully saturated rings. The highest BCUT2D eigenvalue weighted by Crippen LogP contribution is 2.38. The Bertz CT molecular complexity index is 3170. The number of aliphatic hydroxyl groups is 2. The topological polar surface area (TPSA) is 257 Å². The molecule has 388 valence electrons. The molecule has 6 aromatic heterocycles. The number of fused-ring (bicyclic) bond motifs is 2. The normalized spacial score (nSPS) is 23.5. The predicted octanol–water partition coefficient (Wildman–Crippen LogP) is 6.41. The Morgan fingerprint density at radius 2 is 1.30 bits per heavy atom. The molecule has 4 aliphatic carbocycles. The van der Waals surface area contributed by atoms with Gasteiger partial charge in [0.25, 0.3) is 17.0 Å². The molecule has 0 aliphatic heterocycles. The van der Waals surface area contributed by atoms with Crippen LogP contribution in [0.4, 0.5) is 48.2 Å². The lowest BCUT2D eigenvalue weighted by molar-refractivity contribution is 0.0587. The van der Waals surface area contributed by atoms with E-state index in [0.29, 0.717) is 54.2 Å². The van der Waals surface area contributed by atoms with Gasteiger partial charge in [-0.3, -0.25) is 24.1 Å². The third-order valence-corrected chi connectivity index (χ3v) is 13.6. The van der Waals surface area contributed by atoms with Crippen LogP contribution in [0.2, 0.25) is 0 Å². The molecule has 2 amide bonds. The lowest BCUT2D eigenvalue weighted by atomic mass is 9.92. The highest BCUT2D eigenvalue weighted by Gasteiger charge is 2.40. The number of anilines is 6. The summed E-state index contributed by atoms with van der Waals surface area (Å²) in [7, 11) is 3.21. The van der Waals surface area contributed by atoms with Crippen molar-refractivity contribution in [1.82, 2.24) is 43.6 Å². The minimum atomic E-state index is -1.09. The number of halogens is 2. The number of ketones is 1. The summed E-state index contributed by atoms with van der Waals surface area (Å²) < 4.78 is 38.2. The number of rotatable bonds is 13. The number of nitrogens with zero attached hydrogens (tertiary/aromatic N) is 9. The van der Waals surface area contributed by atoms with Crippen molar-refractivity contribution in [3.05, 3.63) is 93.0 Å². The molecule has 4 saturated carbocycles. The van der Waals surface area contributed by atoms with Crippen molar-refractivity contribution < 1.29 is 38.1 Å². The van der Waals surface area contributed by atoms with E-state index >= 15 is 0 Å². The average Bonchev–Trinajstić information content (AvgIpc) is 4.09. The van der Waals surface area contributed by atoms with Crippen LogP contribution in [0.1, 0.15) is 124 Å². The van der Waals surface area contributed by atoms with Crippen LogP contribution in [0.15, 0.2) is 70.8 Å². The molecule has 6 aromatic rings. The summed E-state index contributed by atoms with van der Waals surface area (Å²) in [5, 5.41) is 41.2. The molecule has 0 radical (unpaired) electrons. The monoisotopic (exact) mass is 1010 g/mol. The summed E-state index contributed by atoms with van der Waals surface area (Å²) in [4.78, 5) is 75.4. The summed E-state index contributed by atoms with van der Waals surface area (Å²) in [5.74, 6) is 0.357. The van der Waals surface area contributed by atoms with E-state index in [-0.39, 0.29) is 76.3 Å². The minimum absolute atomic E-state index is 0.0809. The lowest BCUT2D eigenvalue weighted by Crippen LogP contribution is -2.35. The number of hydrogen-bond donors (Lipinski definition) is 6. The number of Topliss-reactive ketones (excluding diaryl/α,β-unsaturated/α-hetero) is 1. The van der Waals surface area contributed by atoms with Crippen LogP contribution in [0.5, 0.6) is 0 Å². The minimum Gasteiger partial charge on any atom is -0.443 e. The van der Waals surface area contributed by atoms with E-state index in [9.17, 15) is 43.0 Å². The molecule has 23 heteroatoms. The van der Waals surface area contributed by atoms with Crippen LogP contribution >= 0.6 is 0 Å². The first-order valence-electron chi connectivity index (χ1n) is 24.8. The quantitative estimate of drug-likeness (QED) is 0.0684. The van der Waals surface area contributed by atoms with E-state index in [0.717, 1.165) is 32.1 Å². The smallest absolute Gasteiger partial charge is 0.415 e. The molecule has 0 unspecified atom stereocenters. The van der Waals surface area contributed by atoms with Crippen LogP contribution < -0.4 is 37.3 Å². The second-order valence-electron chi connectivity index (χ2n) is 20.2. The molecule has 6 heterocycles. The fraction of sp³-hybridized carbons (Fsp3) is 0.500. The van der Waals surface area contributed by atoms with E-state index in [2.05, 4.69) is 41.4 Å². The molecule has 8 atom stereocenters. The number of carbonyl (C=O) groups excluding carboxylic acids is 3. The van der Waals surface area contributed by atoms with Gasteiger partial charge in [-0.15, -0.1) is 0 Å². The maximum absolute atomic E-state index is 13.5. The zero-order valence-corrected chi connectivity index (χ0v) is 41.3. The Balaban J connectivity index is 0.000000183. The Morgan fingerprint density at radius 3 is 1.82 bits per heavy atom. The molecule has 21 nitrogen and oxygen atoms in total. The maximum atomic E-state index is 13.5. The van der Waals surface area contributed by atoms with Gasteiger partial charge in [-0.25, -0.2) is 23.5 Å². The molecule has 0 aromatic carbocycles. The average molecular weight is 1010 g/mol. The first kappa shape index (κ1) is 50.7. The molecule has 73 heavy (non-hydrogen) atoms. The molecule has 0 saturated heterocycles. The van der Waals surface area contributed by atoms with Gasteiger partial charge in [0, 0.05) is 57.4 Å². The summed E-state index contributed by atoms with van der Waals surface area (Å²) in [6, 6.07) is 8.78. The fourth-order valence-electron chi connectivity index (χ4n) is 9.41. The van der Waals surface area contributed by atoms with E-state index in [4.69, 9.17) is 4.74 Å². The SMILES string of the molecule is CN(C(=O)OC(C)(C)C)c1cc(Nc2cccn([C@H]3CCCC[C@H]3O)c2=O)nc2c(C(=O)N[C@@H]3C[C@@H]3F)cnn12.CNc1cc(Nc2cccn([C@H]3CCCC[C@H]3O)c2=O)nc2c(C(=O)C[C@@H]3C[C@@H]3F)cnn12. The molecular formula is C50H61F2N13O8. The Hall–Kier alpha value is -7.27. The maximum Gasteiger partial charge on any atom is 0.415 e. The second-order valence-corrected chi connectivity index (χ2v) is 20.2. The molecule has 0 spiro atoms. The van der Waals surface area contributed by atoms with E-state index in [1.54, 1.807) is 75.1 Å². The number of aliphatic hydroxyl groups excluding tert-OH is 2. The number of alkyl halides is 2. The molecule has 0 bridgehead atoms. The van der Waals surface area contributed by atoms with Gasteiger partial charge >= 0.3 is 6.09 Å². The van der Waals surface area contributed by atoms with Crippen LogP contribution in [0, 0.1) is 5.92 Å². The number of ether oxygens (including phenoxy) is 1. The fourth-order valence-corrected chi connectivity index (χ4v) is 9.41. The summed E-state index contributed by atoms with van der Waals surface area (Å²) >= 11 is 0. The highest BCUT2D eigenvalue weighted by atomic mass is 19.1. The molecule has 6 N–H and O–H groups in total. The number of amides is 2. The van der Waals surface area contributed by atoms with Gasteiger partial charge < -0.3 is 45.4 Å². The van der Waals surface area contributed by atoms with Crippen LogP contribution in [0.3, 0.4) is 0 Å². The van der Waals surface area contributed by atoms with Gasteiger partial charge in [-0.05, 0) is 77.1 Å². The first-order chi connectivity index (χ1) is 34.9. The molecular weight excluding hydrogens is 949 g/mol. The summed E-state index contributed by atoms with van der Waals surface area (Å²) in [6.07, 6.45) is 9.57. The number of pyridine rings is 2. The van der Waals surface area contributed by atoms with Crippen molar-refractivity contribution >= 4 is 63.7 Å². The molecule has 10 rings (SSSR count). The van der Waals surface area contributed by atoms with Gasteiger partial charge in [0.15, 0.2) is 17.1 Å². The Morgan fingerprint density at radius 1 is 0.781 bits per heavy atom. The van der Waals surface area contributed by atoms with E-state index in [1.165, 1.54) is 44.0 Å². The first-order valence-corrected chi connectivity index (χ1v) is 24.8. The van der Waals surface area contributed by atoms with Crippen molar-refractivity contribution in [3.8, 4) is 0 Å². The Labute approximate surface area is 418 Å². The Kier molecular flexibility index (Phi) is 14.4. The predicted molar refractivity (Wildman–Crippen MR) is 268 cm³/mol. The zero-order chi connectivity index (χ0) is 51.9. The number of nitrogens with one attached hydrogen (secondary N) is 4. The molecule has 4 aliphatic rings. The highest BCUT2D eigenvalue weighted by molar-refractivity contribution is 6.02. The van der Waals surface area contributed by atoms with Crippen LogP contribution in [-0.4, -0.2) is 117 Å². The largest absolute Gasteiger partial charge is 0.443 e. The number of aromatic nitrogens is 8.